The lowest BCUT2D eigenvalue weighted by Gasteiger charge is -2.31. The normalized spacial score (nSPS) is 21.1. The van der Waals surface area contributed by atoms with Crippen molar-refractivity contribution in [2.45, 2.75) is 50.6 Å². The monoisotopic (exact) mass is 382 g/mol. The van der Waals surface area contributed by atoms with Gasteiger partial charge in [-0.25, -0.2) is 9.78 Å². The summed E-state index contributed by atoms with van der Waals surface area (Å²) in [4.78, 5) is 19.9. The molecule has 1 aliphatic carbocycles. The van der Waals surface area contributed by atoms with E-state index >= 15 is 0 Å². The summed E-state index contributed by atoms with van der Waals surface area (Å²) in [6.07, 6.45) is 11.0. The van der Waals surface area contributed by atoms with Crippen LogP contribution >= 0.6 is 0 Å². The topological polar surface area (TPSA) is 59.4 Å². The number of para-hydroxylation sites is 1. The molecule has 28 heavy (non-hydrogen) atoms. The van der Waals surface area contributed by atoms with E-state index in [1.165, 1.54) is 25.7 Å². The third kappa shape index (κ3) is 3.60. The minimum atomic E-state index is -0.353. The lowest BCUT2D eigenvalue weighted by atomic mass is 9.96. The van der Waals surface area contributed by atoms with Crippen molar-refractivity contribution < 1.29 is 9.53 Å². The Labute approximate surface area is 166 Å². The molecule has 1 saturated carbocycles. The fraction of sp³-hybridized carbons (Fsp3) is 0.545. The summed E-state index contributed by atoms with van der Waals surface area (Å²) in [5.41, 5.74) is 0.921. The van der Waals surface area contributed by atoms with Crippen LogP contribution < -0.4 is 10.1 Å². The number of ether oxygens (including phenoxy) is 1. The van der Waals surface area contributed by atoms with Gasteiger partial charge in [-0.05, 0) is 37.7 Å². The number of urea groups is 1. The molecule has 2 aromatic rings. The van der Waals surface area contributed by atoms with Crippen LogP contribution in [-0.4, -0.2) is 40.2 Å². The Morgan fingerprint density at radius 2 is 2.00 bits per heavy atom. The summed E-state index contributed by atoms with van der Waals surface area (Å²) >= 11 is 0. The Morgan fingerprint density at radius 1 is 1.21 bits per heavy atom. The summed E-state index contributed by atoms with van der Waals surface area (Å²) in [5, 5.41) is 3.27. The largest absolute Gasteiger partial charge is 0.496 e. The van der Waals surface area contributed by atoms with Gasteiger partial charge < -0.3 is 19.5 Å². The Kier molecular flexibility index (Phi) is 5.55. The molecule has 1 aromatic heterocycles. The predicted octanol–water partition coefficient (Wildman–Crippen LogP) is 3.88. The van der Waals surface area contributed by atoms with E-state index in [4.69, 9.17) is 4.74 Å². The number of benzene rings is 1. The van der Waals surface area contributed by atoms with Gasteiger partial charge in [-0.1, -0.05) is 31.0 Å². The predicted molar refractivity (Wildman–Crippen MR) is 108 cm³/mol. The molecule has 1 saturated heterocycles. The molecule has 2 unspecified atom stereocenters. The molecular weight excluding hydrogens is 352 g/mol. The number of nitrogens with one attached hydrogen (secondary N) is 1. The molecule has 2 heterocycles. The van der Waals surface area contributed by atoms with Gasteiger partial charge in [0.2, 0.25) is 0 Å². The highest BCUT2D eigenvalue weighted by atomic mass is 16.5. The van der Waals surface area contributed by atoms with Crippen LogP contribution in [0.2, 0.25) is 0 Å². The van der Waals surface area contributed by atoms with Crippen LogP contribution in [0.4, 0.5) is 4.79 Å². The van der Waals surface area contributed by atoms with Crippen molar-refractivity contribution in [2.24, 2.45) is 13.0 Å². The van der Waals surface area contributed by atoms with Crippen LogP contribution in [0, 0.1) is 5.92 Å². The molecule has 2 aliphatic rings. The SMILES string of the molecule is COc1ccccc1C(NC(=O)N1CCCC1C1CCCC1)c1nccn1C. The van der Waals surface area contributed by atoms with Crippen LogP contribution in [0.25, 0.3) is 0 Å². The van der Waals surface area contributed by atoms with E-state index in [0.29, 0.717) is 12.0 Å². The number of hydrogen-bond acceptors (Lipinski definition) is 3. The van der Waals surface area contributed by atoms with Crippen LogP contribution in [0.3, 0.4) is 0 Å². The second-order valence-electron chi connectivity index (χ2n) is 7.97. The number of nitrogens with zero attached hydrogens (tertiary/aromatic N) is 3. The van der Waals surface area contributed by atoms with Gasteiger partial charge in [-0.2, -0.15) is 0 Å². The molecule has 1 aromatic carbocycles. The van der Waals surface area contributed by atoms with Gasteiger partial charge in [-0.15, -0.1) is 0 Å². The Morgan fingerprint density at radius 3 is 2.71 bits per heavy atom. The zero-order chi connectivity index (χ0) is 19.5. The molecule has 2 fully saturated rings. The number of carbonyl (C=O) groups is 1. The average molecular weight is 383 g/mol. The maximum Gasteiger partial charge on any atom is 0.318 e. The van der Waals surface area contributed by atoms with Crippen molar-refractivity contribution in [3.8, 4) is 5.75 Å². The Balaban J connectivity index is 1.60. The molecule has 0 bridgehead atoms. The molecule has 0 spiro atoms. The van der Waals surface area contributed by atoms with Crippen molar-refractivity contribution in [3.05, 3.63) is 48.0 Å². The van der Waals surface area contributed by atoms with Gasteiger partial charge in [0.05, 0.1) is 7.11 Å². The first-order valence-corrected chi connectivity index (χ1v) is 10.4. The van der Waals surface area contributed by atoms with Crippen LogP contribution in [0.1, 0.15) is 56.0 Å². The smallest absolute Gasteiger partial charge is 0.318 e. The molecule has 1 N–H and O–H groups in total. The number of rotatable bonds is 5. The third-order valence-electron chi connectivity index (χ3n) is 6.34. The molecular formula is C22H30N4O2. The molecule has 150 valence electrons. The molecule has 2 atom stereocenters. The van der Waals surface area contributed by atoms with Gasteiger partial charge in [-0.3, -0.25) is 0 Å². The summed E-state index contributed by atoms with van der Waals surface area (Å²) in [6, 6.07) is 7.86. The maximum atomic E-state index is 13.3. The third-order valence-corrected chi connectivity index (χ3v) is 6.34. The van der Waals surface area contributed by atoms with Crippen molar-refractivity contribution in [2.75, 3.05) is 13.7 Å². The second kappa shape index (κ2) is 8.25. The zero-order valence-electron chi connectivity index (χ0n) is 16.8. The Bertz CT molecular complexity index is 812. The van der Waals surface area contributed by atoms with E-state index < -0.39 is 0 Å². The van der Waals surface area contributed by atoms with E-state index in [9.17, 15) is 4.79 Å². The lowest BCUT2D eigenvalue weighted by Crippen LogP contribution is -2.46. The summed E-state index contributed by atoms with van der Waals surface area (Å²) in [6.45, 7) is 0.839. The van der Waals surface area contributed by atoms with E-state index in [-0.39, 0.29) is 12.1 Å². The number of likely N-dealkylation sites (tertiary alicyclic amines) is 1. The van der Waals surface area contributed by atoms with Gasteiger partial charge >= 0.3 is 6.03 Å². The van der Waals surface area contributed by atoms with Crippen molar-refractivity contribution in [3.63, 3.8) is 0 Å². The van der Waals surface area contributed by atoms with E-state index in [1.54, 1.807) is 13.3 Å². The molecule has 0 radical (unpaired) electrons. The highest BCUT2D eigenvalue weighted by Crippen LogP contribution is 2.36. The number of aryl methyl sites for hydroxylation is 1. The first-order valence-electron chi connectivity index (χ1n) is 10.4. The summed E-state index contributed by atoms with van der Waals surface area (Å²) in [7, 11) is 3.61. The van der Waals surface area contributed by atoms with E-state index in [0.717, 1.165) is 36.5 Å². The fourth-order valence-corrected chi connectivity index (χ4v) is 4.92. The average Bonchev–Trinajstić information content (AvgIpc) is 3.46. The number of carbonyl (C=O) groups excluding carboxylic acids is 1. The number of imidazole rings is 1. The zero-order valence-corrected chi connectivity index (χ0v) is 16.8. The molecule has 6 nitrogen and oxygen atoms in total. The highest BCUT2D eigenvalue weighted by molar-refractivity contribution is 5.76. The van der Waals surface area contributed by atoms with Gasteiger partial charge in [0.25, 0.3) is 0 Å². The van der Waals surface area contributed by atoms with Crippen molar-refractivity contribution >= 4 is 6.03 Å². The van der Waals surface area contributed by atoms with Gasteiger partial charge in [0.1, 0.15) is 17.6 Å². The minimum absolute atomic E-state index is 0.00769. The molecule has 6 heteroatoms. The second-order valence-corrected chi connectivity index (χ2v) is 7.97. The quantitative estimate of drug-likeness (QED) is 0.854. The first-order chi connectivity index (χ1) is 13.7. The van der Waals surface area contributed by atoms with E-state index in [2.05, 4.69) is 15.2 Å². The van der Waals surface area contributed by atoms with Gasteiger partial charge in [0.15, 0.2) is 0 Å². The minimum Gasteiger partial charge on any atom is -0.496 e. The fourth-order valence-electron chi connectivity index (χ4n) is 4.92. The van der Waals surface area contributed by atoms with Crippen LogP contribution in [0.15, 0.2) is 36.7 Å². The number of hydrogen-bond donors (Lipinski definition) is 1. The molecule has 1 aliphatic heterocycles. The Hall–Kier alpha value is -2.50. The van der Waals surface area contributed by atoms with E-state index in [1.807, 2.05) is 42.1 Å². The van der Waals surface area contributed by atoms with Crippen molar-refractivity contribution in [1.82, 2.24) is 19.8 Å². The van der Waals surface area contributed by atoms with Crippen molar-refractivity contribution in [1.29, 1.82) is 0 Å². The lowest BCUT2D eigenvalue weighted by molar-refractivity contribution is 0.170. The maximum absolute atomic E-state index is 13.3. The molecule has 2 amide bonds. The number of methoxy groups -OCH3 is 1. The first kappa shape index (κ1) is 18.8. The highest BCUT2D eigenvalue weighted by Gasteiger charge is 2.37. The molecule has 4 rings (SSSR count). The van der Waals surface area contributed by atoms with Crippen LogP contribution in [-0.2, 0) is 7.05 Å². The van der Waals surface area contributed by atoms with Crippen LogP contribution in [0.5, 0.6) is 5.75 Å². The number of aromatic nitrogens is 2. The number of amides is 2. The summed E-state index contributed by atoms with van der Waals surface area (Å²) in [5.74, 6) is 2.21. The van der Waals surface area contributed by atoms with Gasteiger partial charge in [0, 0.05) is 37.6 Å². The summed E-state index contributed by atoms with van der Waals surface area (Å²) < 4.78 is 7.53. The standard InChI is InChI=1S/C22H30N4O2/c1-25-15-13-23-21(25)20(17-10-5-6-12-19(17)28-2)24-22(27)26-14-7-11-18(26)16-8-3-4-9-16/h5-6,10,12-13,15-16,18,20H,3-4,7-9,11,14H2,1-2H3,(H,24,27).